The lowest BCUT2D eigenvalue weighted by Crippen LogP contribution is -2.36. The standard InChI is InChI=1S/C11H17ClN2O/c1-3-15-8(2)11(14-13)9-6-4-5-7-10(9)12/h4-8,11,14H,3,13H2,1-2H3. The summed E-state index contributed by atoms with van der Waals surface area (Å²) in [6, 6.07) is 7.54. The molecule has 0 bridgehead atoms. The zero-order valence-electron chi connectivity index (χ0n) is 9.03. The Kier molecular flexibility index (Phi) is 5.05. The molecule has 84 valence electrons. The van der Waals surface area contributed by atoms with Gasteiger partial charge in [-0.05, 0) is 25.5 Å². The van der Waals surface area contributed by atoms with Gasteiger partial charge in [0.2, 0.25) is 0 Å². The van der Waals surface area contributed by atoms with E-state index in [0.29, 0.717) is 11.6 Å². The third-order valence-corrected chi connectivity index (χ3v) is 2.66. The van der Waals surface area contributed by atoms with Crippen LogP contribution in [0.5, 0.6) is 0 Å². The number of nitrogens with two attached hydrogens (primary N) is 1. The summed E-state index contributed by atoms with van der Waals surface area (Å²) in [5.74, 6) is 5.52. The van der Waals surface area contributed by atoms with Crippen molar-refractivity contribution in [1.29, 1.82) is 0 Å². The van der Waals surface area contributed by atoms with Gasteiger partial charge >= 0.3 is 0 Å². The molecule has 0 spiro atoms. The summed E-state index contributed by atoms with van der Waals surface area (Å²) >= 11 is 6.09. The van der Waals surface area contributed by atoms with Crippen molar-refractivity contribution in [2.75, 3.05) is 6.61 Å². The molecule has 4 heteroatoms. The predicted octanol–water partition coefficient (Wildman–Crippen LogP) is 2.27. The van der Waals surface area contributed by atoms with E-state index in [2.05, 4.69) is 5.43 Å². The van der Waals surface area contributed by atoms with Gasteiger partial charge in [-0.15, -0.1) is 0 Å². The van der Waals surface area contributed by atoms with Gasteiger partial charge in [0, 0.05) is 11.6 Å². The summed E-state index contributed by atoms with van der Waals surface area (Å²) in [6.45, 7) is 4.58. The molecule has 2 atom stereocenters. The minimum absolute atomic E-state index is 0.0140. The smallest absolute Gasteiger partial charge is 0.0755 e. The van der Waals surface area contributed by atoms with E-state index in [4.69, 9.17) is 22.2 Å². The SMILES string of the molecule is CCOC(C)C(NN)c1ccccc1Cl. The van der Waals surface area contributed by atoms with E-state index in [0.717, 1.165) is 5.56 Å². The summed E-state index contributed by atoms with van der Waals surface area (Å²) in [6.07, 6.45) is -0.0140. The van der Waals surface area contributed by atoms with Crippen molar-refractivity contribution >= 4 is 11.6 Å². The first kappa shape index (κ1) is 12.5. The molecule has 0 radical (unpaired) electrons. The second-order valence-corrected chi connectivity index (χ2v) is 3.73. The minimum atomic E-state index is -0.0846. The fourth-order valence-corrected chi connectivity index (χ4v) is 1.82. The Bertz CT molecular complexity index is 306. The van der Waals surface area contributed by atoms with Crippen molar-refractivity contribution in [3.8, 4) is 0 Å². The Morgan fingerprint density at radius 3 is 2.67 bits per heavy atom. The number of ether oxygens (including phenoxy) is 1. The van der Waals surface area contributed by atoms with Gasteiger partial charge in [0.1, 0.15) is 0 Å². The number of rotatable bonds is 5. The monoisotopic (exact) mass is 228 g/mol. The van der Waals surface area contributed by atoms with E-state index in [1.165, 1.54) is 0 Å². The van der Waals surface area contributed by atoms with E-state index in [-0.39, 0.29) is 12.1 Å². The molecule has 0 aromatic heterocycles. The van der Waals surface area contributed by atoms with Gasteiger partial charge in [-0.3, -0.25) is 11.3 Å². The second-order valence-electron chi connectivity index (χ2n) is 3.33. The van der Waals surface area contributed by atoms with Crippen molar-refractivity contribution in [3.63, 3.8) is 0 Å². The first-order valence-corrected chi connectivity index (χ1v) is 5.40. The third-order valence-electron chi connectivity index (χ3n) is 2.32. The number of hydrogen-bond donors (Lipinski definition) is 2. The highest BCUT2D eigenvalue weighted by atomic mass is 35.5. The fourth-order valence-electron chi connectivity index (χ4n) is 1.56. The summed E-state index contributed by atoms with van der Waals surface area (Å²) in [5.41, 5.74) is 3.70. The van der Waals surface area contributed by atoms with Gasteiger partial charge in [0.15, 0.2) is 0 Å². The van der Waals surface area contributed by atoms with Gasteiger partial charge in [-0.1, -0.05) is 29.8 Å². The first-order valence-electron chi connectivity index (χ1n) is 5.02. The number of nitrogens with one attached hydrogen (secondary N) is 1. The molecule has 15 heavy (non-hydrogen) atoms. The quantitative estimate of drug-likeness (QED) is 0.601. The van der Waals surface area contributed by atoms with Crippen molar-refractivity contribution in [2.45, 2.75) is 26.0 Å². The van der Waals surface area contributed by atoms with E-state index >= 15 is 0 Å². The fraction of sp³-hybridized carbons (Fsp3) is 0.455. The molecular weight excluding hydrogens is 212 g/mol. The van der Waals surface area contributed by atoms with Crippen molar-refractivity contribution < 1.29 is 4.74 Å². The summed E-state index contributed by atoms with van der Waals surface area (Å²) in [7, 11) is 0. The number of halogens is 1. The summed E-state index contributed by atoms with van der Waals surface area (Å²) in [4.78, 5) is 0. The third kappa shape index (κ3) is 3.18. The molecule has 1 aromatic carbocycles. The predicted molar refractivity (Wildman–Crippen MR) is 62.6 cm³/mol. The van der Waals surface area contributed by atoms with Gasteiger partial charge in [0.05, 0.1) is 12.1 Å². The van der Waals surface area contributed by atoms with Crippen molar-refractivity contribution in [3.05, 3.63) is 34.9 Å². The minimum Gasteiger partial charge on any atom is -0.377 e. The molecular formula is C11H17ClN2O. The average Bonchev–Trinajstić information content (AvgIpc) is 2.22. The van der Waals surface area contributed by atoms with Crippen LogP contribution in [0.1, 0.15) is 25.5 Å². The van der Waals surface area contributed by atoms with E-state index in [1.54, 1.807) is 0 Å². The van der Waals surface area contributed by atoms with Crippen molar-refractivity contribution in [2.24, 2.45) is 5.84 Å². The van der Waals surface area contributed by atoms with Crippen LogP contribution in [0.3, 0.4) is 0 Å². The zero-order chi connectivity index (χ0) is 11.3. The first-order chi connectivity index (χ1) is 7.20. The average molecular weight is 229 g/mol. The van der Waals surface area contributed by atoms with Gasteiger partial charge in [-0.25, -0.2) is 0 Å². The Morgan fingerprint density at radius 1 is 1.47 bits per heavy atom. The Balaban J connectivity index is 2.87. The number of benzene rings is 1. The molecule has 0 saturated carbocycles. The molecule has 0 saturated heterocycles. The molecule has 1 aromatic rings. The number of hydrogen-bond acceptors (Lipinski definition) is 3. The van der Waals surface area contributed by atoms with Crippen LogP contribution >= 0.6 is 11.6 Å². The highest BCUT2D eigenvalue weighted by Gasteiger charge is 2.19. The maximum Gasteiger partial charge on any atom is 0.0755 e. The molecule has 1 rings (SSSR count). The van der Waals surface area contributed by atoms with Crippen LogP contribution in [0.2, 0.25) is 5.02 Å². The molecule has 2 unspecified atom stereocenters. The van der Waals surface area contributed by atoms with E-state index in [9.17, 15) is 0 Å². The second kappa shape index (κ2) is 6.08. The van der Waals surface area contributed by atoms with Gasteiger partial charge in [0.25, 0.3) is 0 Å². The Labute approximate surface area is 95.5 Å². The largest absolute Gasteiger partial charge is 0.377 e. The van der Waals surface area contributed by atoms with Crippen LogP contribution in [0.15, 0.2) is 24.3 Å². The van der Waals surface area contributed by atoms with Crippen LogP contribution in [0, 0.1) is 0 Å². The van der Waals surface area contributed by atoms with Crippen LogP contribution in [0.25, 0.3) is 0 Å². The van der Waals surface area contributed by atoms with Crippen molar-refractivity contribution in [1.82, 2.24) is 5.43 Å². The Morgan fingerprint density at radius 2 is 2.13 bits per heavy atom. The molecule has 3 nitrogen and oxygen atoms in total. The molecule has 0 heterocycles. The zero-order valence-corrected chi connectivity index (χ0v) is 9.79. The van der Waals surface area contributed by atoms with Crippen LogP contribution in [-0.2, 0) is 4.74 Å². The normalized spacial score (nSPS) is 14.9. The molecule has 0 fully saturated rings. The summed E-state index contributed by atoms with van der Waals surface area (Å²) < 4.78 is 5.50. The molecule has 3 N–H and O–H groups in total. The topological polar surface area (TPSA) is 47.3 Å². The highest BCUT2D eigenvalue weighted by molar-refractivity contribution is 6.31. The molecule has 0 aliphatic carbocycles. The summed E-state index contributed by atoms with van der Waals surface area (Å²) in [5, 5.41) is 0.701. The molecule has 0 aliphatic rings. The van der Waals surface area contributed by atoms with E-state index < -0.39 is 0 Å². The molecule has 0 aliphatic heterocycles. The van der Waals surface area contributed by atoms with E-state index in [1.807, 2.05) is 38.1 Å². The van der Waals surface area contributed by atoms with Gasteiger partial charge < -0.3 is 4.74 Å². The lowest BCUT2D eigenvalue weighted by atomic mass is 10.0. The lowest BCUT2D eigenvalue weighted by Gasteiger charge is -2.24. The van der Waals surface area contributed by atoms with Gasteiger partial charge in [-0.2, -0.15) is 0 Å². The molecule has 0 amide bonds. The maximum atomic E-state index is 6.09. The number of hydrazine groups is 1. The maximum absolute atomic E-state index is 6.09. The lowest BCUT2D eigenvalue weighted by molar-refractivity contribution is 0.0473. The van der Waals surface area contributed by atoms with Crippen LogP contribution in [0.4, 0.5) is 0 Å². The Hall–Kier alpha value is -0.610. The van der Waals surface area contributed by atoms with Crippen LogP contribution in [-0.4, -0.2) is 12.7 Å². The van der Waals surface area contributed by atoms with Crippen LogP contribution < -0.4 is 11.3 Å². The highest BCUT2D eigenvalue weighted by Crippen LogP contribution is 2.25.